The Morgan fingerprint density at radius 2 is 1.93 bits per heavy atom. The molecule has 3 aromatic rings. The zero-order valence-electron chi connectivity index (χ0n) is 16.7. The molecule has 30 heavy (non-hydrogen) atoms. The van der Waals surface area contributed by atoms with Crippen molar-refractivity contribution >= 4 is 23.4 Å². The highest BCUT2D eigenvalue weighted by molar-refractivity contribution is 8.00. The van der Waals surface area contributed by atoms with Crippen LogP contribution in [0.1, 0.15) is 37.8 Å². The summed E-state index contributed by atoms with van der Waals surface area (Å²) in [6.07, 6.45) is 1.43. The molecule has 0 aliphatic carbocycles. The number of benzene rings is 2. The second-order valence-electron chi connectivity index (χ2n) is 7.10. The number of carbonyl (C=O) groups is 1. The Morgan fingerprint density at radius 1 is 1.17 bits per heavy atom. The van der Waals surface area contributed by atoms with Gasteiger partial charge in [0, 0.05) is 12.2 Å². The molecule has 4 rings (SSSR count). The van der Waals surface area contributed by atoms with Crippen LogP contribution in [-0.2, 0) is 11.2 Å². The topological polar surface area (TPSA) is 68.5 Å². The van der Waals surface area contributed by atoms with E-state index < -0.39 is 6.10 Å². The van der Waals surface area contributed by atoms with E-state index in [-0.39, 0.29) is 17.0 Å². The van der Waals surface area contributed by atoms with Gasteiger partial charge in [0.2, 0.25) is 5.91 Å². The number of amides is 1. The third-order valence-electron chi connectivity index (χ3n) is 4.90. The quantitative estimate of drug-likeness (QED) is 0.526. The molecule has 0 radical (unpaired) electrons. The molecule has 0 saturated heterocycles. The monoisotopic (exact) mass is 427 g/mol. The summed E-state index contributed by atoms with van der Waals surface area (Å²) in [5, 5.41) is 8.00. The Balaban J connectivity index is 1.40. The predicted octanol–water partition coefficient (Wildman–Crippen LogP) is 4.81. The summed E-state index contributed by atoms with van der Waals surface area (Å²) in [5.41, 5.74) is 2.18. The first-order chi connectivity index (χ1) is 14.5. The first-order valence-corrected chi connectivity index (χ1v) is 10.7. The second kappa shape index (κ2) is 8.87. The van der Waals surface area contributed by atoms with Crippen molar-refractivity contribution in [2.24, 2.45) is 0 Å². The molecule has 156 valence electrons. The maximum atomic E-state index is 13.0. The number of ether oxygens (including phenoxy) is 1. The molecule has 0 bridgehead atoms. The van der Waals surface area contributed by atoms with Crippen molar-refractivity contribution < 1.29 is 18.3 Å². The molecule has 1 aromatic heterocycles. The molecule has 1 amide bonds. The van der Waals surface area contributed by atoms with E-state index in [1.165, 1.54) is 41.6 Å². The van der Waals surface area contributed by atoms with Crippen LogP contribution < -0.4 is 9.64 Å². The molecular formula is C22H22FN3O3S. The number of hydrogen-bond acceptors (Lipinski definition) is 6. The van der Waals surface area contributed by atoms with E-state index in [1.54, 1.807) is 6.92 Å². The first kappa shape index (κ1) is 20.4. The summed E-state index contributed by atoms with van der Waals surface area (Å²) in [5.74, 6) is 0.484. The van der Waals surface area contributed by atoms with Crippen molar-refractivity contribution in [2.75, 3.05) is 11.4 Å². The summed E-state index contributed by atoms with van der Waals surface area (Å²) >= 11 is 1.23. The normalized spacial score (nSPS) is 15.4. The SMILES string of the molecule is C[C@@H](Sc1nnc([C@@H](C)Oc2ccc(F)cc2)o1)C(=O)N1CCCc2ccccc21. The third kappa shape index (κ3) is 4.48. The molecule has 1 aliphatic rings. The molecule has 1 aliphatic heterocycles. The van der Waals surface area contributed by atoms with Crippen LogP contribution in [0.3, 0.4) is 0 Å². The van der Waals surface area contributed by atoms with Crippen molar-refractivity contribution in [1.82, 2.24) is 10.2 Å². The molecule has 2 atom stereocenters. The zero-order chi connectivity index (χ0) is 21.1. The van der Waals surface area contributed by atoms with Gasteiger partial charge >= 0.3 is 0 Å². The average molecular weight is 428 g/mol. The number of nitrogens with zero attached hydrogens (tertiary/aromatic N) is 3. The highest BCUT2D eigenvalue weighted by Crippen LogP contribution is 2.31. The molecule has 0 unspecified atom stereocenters. The van der Waals surface area contributed by atoms with Gasteiger partial charge in [0.05, 0.1) is 5.25 Å². The van der Waals surface area contributed by atoms with Gasteiger partial charge in [-0.15, -0.1) is 10.2 Å². The van der Waals surface area contributed by atoms with Crippen LogP contribution >= 0.6 is 11.8 Å². The zero-order valence-corrected chi connectivity index (χ0v) is 17.6. The van der Waals surface area contributed by atoms with E-state index in [2.05, 4.69) is 16.3 Å². The number of rotatable bonds is 6. The largest absolute Gasteiger partial charge is 0.481 e. The maximum Gasteiger partial charge on any atom is 0.277 e. The Kier molecular flexibility index (Phi) is 6.03. The van der Waals surface area contributed by atoms with Gasteiger partial charge in [0.25, 0.3) is 11.1 Å². The lowest BCUT2D eigenvalue weighted by atomic mass is 10.0. The molecule has 2 heterocycles. The van der Waals surface area contributed by atoms with E-state index in [4.69, 9.17) is 9.15 Å². The lowest BCUT2D eigenvalue weighted by molar-refractivity contribution is -0.117. The highest BCUT2D eigenvalue weighted by Gasteiger charge is 2.28. The predicted molar refractivity (Wildman–Crippen MR) is 112 cm³/mol. The second-order valence-corrected chi connectivity index (χ2v) is 8.39. The summed E-state index contributed by atoms with van der Waals surface area (Å²) in [7, 11) is 0. The number of aromatic nitrogens is 2. The van der Waals surface area contributed by atoms with Gasteiger partial charge in [0.15, 0.2) is 6.10 Å². The minimum atomic E-state index is -0.503. The standard InChI is InChI=1S/C22H22FN3O3S/c1-14(28-18-11-9-17(23)10-12-18)20-24-25-22(29-20)30-15(2)21(27)26-13-5-7-16-6-3-4-8-19(16)26/h3-4,6,8-12,14-15H,5,7,13H2,1-2H3/t14-,15-/m1/s1. The fraction of sp³-hybridized carbons (Fsp3) is 0.318. The number of halogens is 1. The number of carbonyl (C=O) groups excluding carboxylic acids is 1. The van der Waals surface area contributed by atoms with Crippen LogP contribution in [0.15, 0.2) is 58.2 Å². The third-order valence-corrected chi connectivity index (χ3v) is 5.82. The number of aryl methyl sites for hydroxylation is 1. The van der Waals surface area contributed by atoms with Crippen LogP contribution in [-0.4, -0.2) is 27.9 Å². The minimum Gasteiger partial charge on any atom is -0.481 e. The summed E-state index contributed by atoms with van der Waals surface area (Å²) in [4.78, 5) is 14.9. The van der Waals surface area contributed by atoms with Crippen LogP contribution in [0, 0.1) is 5.82 Å². The Morgan fingerprint density at radius 3 is 2.73 bits per heavy atom. The highest BCUT2D eigenvalue weighted by atomic mass is 32.2. The van der Waals surface area contributed by atoms with Gasteiger partial charge in [-0.3, -0.25) is 4.79 Å². The lowest BCUT2D eigenvalue weighted by Gasteiger charge is -2.31. The summed E-state index contributed by atoms with van der Waals surface area (Å²) in [6, 6.07) is 13.7. The van der Waals surface area contributed by atoms with Crippen molar-refractivity contribution in [1.29, 1.82) is 0 Å². The maximum absolute atomic E-state index is 13.0. The Labute approximate surface area is 178 Å². The van der Waals surface area contributed by atoms with E-state index in [1.807, 2.05) is 30.0 Å². The smallest absolute Gasteiger partial charge is 0.277 e. The number of para-hydroxylation sites is 1. The number of anilines is 1. The number of fused-ring (bicyclic) bond motifs is 1. The molecule has 2 aromatic carbocycles. The van der Waals surface area contributed by atoms with Crippen molar-refractivity contribution in [2.45, 2.75) is 43.3 Å². The molecule has 0 saturated carbocycles. The van der Waals surface area contributed by atoms with Crippen molar-refractivity contribution in [3.05, 3.63) is 65.8 Å². The molecular weight excluding hydrogens is 405 g/mol. The first-order valence-electron chi connectivity index (χ1n) is 9.83. The Hall–Kier alpha value is -2.87. The van der Waals surface area contributed by atoms with Gasteiger partial charge in [-0.1, -0.05) is 30.0 Å². The van der Waals surface area contributed by atoms with Crippen LogP contribution in [0.2, 0.25) is 0 Å². The Bertz CT molecular complexity index is 1020. The van der Waals surface area contributed by atoms with E-state index in [0.29, 0.717) is 23.4 Å². The van der Waals surface area contributed by atoms with E-state index >= 15 is 0 Å². The fourth-order valence-electron chi connectivity index (χ4n) is 3.38. The molecule has 0 N–H and O–H groups in total. The van der Waals surface area contributed by atoms with Gasteiger partial charge in [-0.25, -0.2) is 4.39 Å². The van der Waals surface area contributed by atoms with Crippen LogP contribution in [0.4, 0.5) is 10.1 Å². The average Bonchev–Trinajstić information content (AvgIpc) is 3.23. The van der Waals surface area contributed by atoms with Crippen molar-refractivity contribution in [3.63, 3.8) is 0 Å². The van der Waals surface area contributed by atoms with Gasteiger partial charge < -0.3 is 14.1 Å². The summed E-state index contributed by atoms with van der Waals surface area (Å²) < 4.78 is 24.4. The molecule has 6 nitrogen and oxygen atoms in total. The fourth-order valence-corrected chi connectivity index (χ4v) is 4.14. The van der Waals surface area contributed by atoms with Crippen LogP contribution in [0.25, 0.3) is 0 Å². The van der Waals surface area contributed by atoms with Gasteiger partial charge in [0.1, 0.15) is 11.6 Å². The minimum absolute atomic E-state index is 0.0162. The number of hydrogen-bond donors (Lipinski definition) is 0. The van der Waals surface area contributed by atoms with Gasteiger partial charge in [-0.2, -0.15) is 0 Å². The van der Waals surface area contributed by atoms with Crippen LogP contribution in [0.5, 0.6) is 5.75 Å². The van der Waals surface area contributed by atoms with Gasteiger partial charge in [-0.05, 0) is 62.6 Å². The number of thioether (sulfide) groups is 1. The summed E-state index contributed by atoms with van der Waals surface area (Å²) in [6.45, 7) is 4.31. The van der Waals surface area contributed by atoms with E-state index in [0.717, 1.165) is 18.5 Å². The van der Waals surface area contributed by atoms with E-state index in [9.17, 15) is 9.18 Å². The molecule has 0 fully saturated rings. The van der Waals surface area contributed by atoms with Crippen molar-refractivity contribution in [3.8, 4) is 5.75 Å². The molecule has 0 spiro atoms. The lowest BCUT2D eigenvalue weighted by Crippen LogP contribution is -2.40. The molecule has 8 heteroatoms.